The highest BCUT2D eigenvalue weighted by Crippen LogP contribution is 2.14. The highest BCUT2D eigenvalue weighted by Gasteiger charge is 2.05. The summed E-state index contributed by atoms with van der Waals surface area (Å²) in [6, 6.07) is 3.54. The van der Waals surface area contributed by atoms with Crippen LogP contribution in [0, 0.1) is 5.82 Å². The van der Waals surface area contributed by atoms with Crippen molar-refractivity contribution < 1.29 is 9.50 Å². The van der Waals surface area contributed by atoms with Gasteiger partial charge in [0.25, 0.3) is 0 Å². The van der Waals surface area contributed by atoms with Gasteiger partial charge in [-0.1, -0.05) is 0 Å². The minimum atomic E-state index is -0.651. The van der Waals surface area contributed by atoms with Crippen LogP contribution in [-0.2, 0) is 0 Å². The lowest BCUT2D eigenvalue weighted by Crippen LogP contribution is -2.16. The van der Waals surface area contributed by atoms with Crippen molar-refractivity contribution in [3.63, 3.8) is 0 Å². The highest BCUT2D eigenvalue weighted by molar-refractivity contribution is 5.97. The molecule has 5 N–H and O–H groups in total. The second-order valence-electron chi connectivity index (χ2n) is 2.18. The quantitative estimate of drug-likeness (QED) is 0.241. The Hall–Kier alpha value is -1.78. The molecule has 0 amide bonds. The van der Waals surface area contributed by atoms with Crippen LogP contribution >= 0.6 is 0 Å². The normalized spacial score (nSPS) is 11.6. The average molecular weight is 169 g/mol. The number of phenolic OH excluding ortho intramolecular Hbond substituents is 1. The molecule has 0 unspecified atom stereocenters. The average Bonchev–Trinajstić information content (AvgIpc) is 2.03. The number of hydrogen-bond donors (Lipinski definition) is 3. The zero-order chi connectivity index (χ0) is 9.14. The maximum Gasteiger partial charge on any atom is 0.153 e. The summed E-state index contributed by atoms with van der Waals surface area (Å²) in [5.74, 6) is 3.92. The predicted octanol–water partition coefficient (Wildman–Crippen LogP) is 0.110. The molecule has 0 aliphatic heterocycles. The molecular weight excluding hydrogens is 161 g/mol. The van der Waals surface area contributed by atoms with Gasteiger partial charge in [-0.2, -0.15) is 5.10 Å². The molecule has 1 aromatic rings. The molecule has 4 nitrogen and oxygen atoms in total. The number of phenols is 1. The van der Waals surface area contributed by atoms with Crippen LogP contribution in [0.2, 0.25) is 0 Å². The standard InChI is InChI=1S/C7H8FN3O/c8-6-3-4(12)1-2-5(6)7(9)11-10/h1-3,12H,10H2,(H2,9,11). The fourth-order valence-electron chi connectivity index (χ4n) is 0.781. The van der Waals surface area contributed by atoms with E-state index in [1.165, 1.54) is 12.1 Å². The Balaban J connectivity index is 3.18. The molecule has 1 aromatic carbocycles. The number of aromatic hydroxyl groups is 1. The van der Waals surface area contributed by atoms with Gasteiger partial charge in [-0.25, -0.2) is 4.39 Å². The van der Waals surface area contributed by atoms with E-state index in [9.17, 15) is 4.39 Å². The molecule has 64 valence electrons. The van der Waals surface area contributed by atoms with E-state index in [2.05, 4.69) is 5.10 Å². The maximum absolute atomic E-state index is 12.9. The van der Waals surface area contributed by atoms with E-state index in [-0.39, 0.29) is 17.1 Å². The van der Waals surface area contributed by atoms with Crippen molar-refractivity contribution >= 4 is 5.84 Å². The summed E-state index contributed by atoms with van der Waals surface area (Å²) in [5.41, 5.74) is 5.33. The van der Waals surface area contributed by atoms with Crippen molar-refractivity contribution in [3.05, 3.63) is 29.6 Å². The van der Waals surface area contributed by atoms with Gasteiger partial charge >= 0.3 is 0 Å². The van der Waals surface area contributed by atoms with Gasteiger partial charge in [-0.05, 0) is 12.1 Å². The summed E-state index contributed by atoms with van der Waals surface area (Å²) in [5, 5.41) is 12.0. The molecule has 0 atom stereocenters. The number of hydrazone groups is 1. The SMILES string of the molecule is NN=C(N)c1ccc(O)cc1F. The predicted molar refractivity (Wildman–Crippen MR) is 43.0 cm³/mol. The first-order valence-corrected chi connectivity index (χ1v) is 3.17. The zero-order valence-corrected chi connectivity index (χ0v) is 6.16. The molecule has 0 fully saturated rings. The first-order valence-electron chi connectivity index (χ1n) is 3.17. The molecule has 0 bridgehead atoms. The Morgan fingerprint density at radius 1 is 1.50 bits per heavy atom. The van der Waals surface area contributed by atoms with Crippen LogP contribution in [0.25, 0.3) is 0 Å². The van der Waals surface area contributed by atoms with Crippen LogP contribution in [0.5, 0.6) is 5.75 Å². The van der Waals surface area contributed by atoms with Crippen LogP contribution in [0.15, 0.2) is 23.3 Å². The highest BCUT2D eigenvalue weighted by atomic mass is 19.1. The second kappa shape index (κ2) is 3.08. The van der Waals surface area contributed by atoms with Gasteiger partial charge in [0.1, 0.15) is 11.6 Å². The molecule has 12 heavy (non-hydrogen) atoms. The van der Waals surface area contributed by atoms with Gasteiger partial charge in [0.05, 0.1) is 5.56 Å². The lowest BCUT2D eigenvalue weighted by atomic mass is 10.2. The Labute approximate surface area is 68.3 Å². The number of amidine groups is 1. The third kappa shape index (κ3) is 1.45. The summed E-state index contributed by atoms with van der Waals surface area (Å²) >= 11 is 0. The van der Waals surface area contributed by atoms with Crippen LogP contribution in [-0.4, -0.2) is 10.9 Å². The summed E-state index contributed by atoms with van der Waals surface area (Å²) in [4.78, 5) is 0. The van der Waals surface area contributed by atoms with E-state index in [1.807, 2.05) is 0 Å². The van der Waals surface area contributed by atoms with E-state index in [0.717, 1.165) is 6.07 Å². The molecule has 0 heterocycles. The molecule has 0 spiro atoms. The van der Waals surface area contributed by atoms with Gasteiger partial charge in [-0.3, -0.25) is 0 Å². The van der Waals surface area contributed by atoms with Crippen molar-refractivity contribution in [3.8, 4) is 5.75 Å². The summed E-state index contributed by atoms with van der Waals surface area (Å²) in [6.45, 7) is 0. The minimum absolute atomic E-state index is 0.0790. The molecule has 0 aliphatic carbocycles. The molecule has 0 radical (unpaired) electrons. The monoisotopic (exact) mass is 169 g/mol. The van der Waals surface area contributed by atoms with Crippen molar-refractivity contribution in [2.45, 2.75) is 0 Å². The van der Waals surface area contributed by atoms with Gasteiger partial charge in [0.15, 0.2) is 5.84 Å². The molecule has 0 saturated carbocycles. The number of halogens is 1. The Morgan fingerprint density at radius 2 is 2.17 bits per heavy atom. The molecule has 1 rings (SSSR count). The number of nitrogens with two attached hydrogens (primary N) is 2. The van der Waals surface area contributed by atoms with Crippen LogP contribution < -0.4 is 11.6 Å². The lowest BCUT2D eigenvalue weighted by Gasteiger charge is -2.00. The first kappa shape index (κ1) is 8.32. The number of rotatable bonds is 1. The Morgan fingerprint density at radius 3 is 2.67 bits per heavy atom. The molecule has 5 heteroatoms. The van der Waals surface area contributed by atoms with Crippen molar-refractivity contribution in [2.24, 2.45) is 16.7 Å². The van der Waals surface area contributed by atoms with E-state index < -0.39 is 5.82 Å². The van der Waals surface area contributed by atoms with Crippen molar-refractivity contribution in [1.29, 1.82) is 0 Å². The van der Waals surface area contributed by atoms with E-state index in [4.69, 9.17) is 16.7 Å². The van der Waals surface area contributed by atoms with E-state index in [1.54, 1.807) is 0 Å². The molecular formula is C7H8FN3O. The lowest BCUT2D eigenvalue weighted by molar-refractivity contribution is 0.469. The van der Waals surface area contributed by atoms with Gasteiger partial charge in [0, 0.05) is 6.07 Å². The summed E-state index contributed by atoms with van der Waals surface area (Å²) < 4.78 is 12.9. The number of nitrogens with zero attached hydrogens (tertiary/aromatic N) is 1. The Kier molecular flexibility index (Phi) is 2.14. The maximum atomic E-state index is 12.9. The molecule has 0 aliphatic rings. The second-order valence-corrected chi connectivity index (χ2v) is 2.18. The Bertz CT molecular complexity index is 324. The van der Waals surface area contributed by atoms with Crippen molar-refractivity contribution in [2.75, 3.05) is 0 Å². The zero-order valence-electron chi connectivity index (χ0n) is 6.16. The summed E-state index contributed by atoms with van der Waals surface area (Å²) in [7, 11) is 0. The molecule has 0 aromatic heterocycles. The largest absolute Gasteiger partial charge is 0.508 e. The van der Waals surface area contributed by atoms with E-state index in [0.29, 0.717) is 0 Å². The van der Waals surface area contributed by atoms with Crippen LogP contribution in [0.1, 0.15) is 5.56 Å². The third-order valence-corrected chi connectivity index (χ3v) is 1.37. The first-order chi connectivity index (χ1) is 5.65. The number of hydrogen-bond acceptors (Lipinski definition) is 3. The van der Waals surface area contributed by atoms with Gasteiger partial charge in [-0.15, -0.1) is 0 Å². The number of benzene rings is 1. The third-order valence-electron chi connectivity index (χ3n) is 1.37. The van der Waals surface area contributed by atoms with E-state index >= 15 is 0 Å². The van der Waals surface area contributed by atoms with Crippen molar-refractivity contribution in [1.82, 2.24) is 0 Å². The fraction of sp³-hybridized carbons (Fsp3) is 0. The molecule has 0 saturated heterocycles. The van der Waals surface area contributed by atoms with Gasteiger partial charge < -0.3 is 16.7 Å². The van der Waals surface area contributed by atoms with Crippen LogP contribution in [0.4, 0.5) is 4.39 Å². The minimum Gasteiger partial charge on any atom is -0.508 e. The van der Waals surface area contributed by atoms with Gasteiger partial charge in [0.2, 0.25) is 0 Å². The summed E-state index contributed by atoms with van der Waals surface area (Å²) in [6.07, 6.45) is 0. The van der Waals surface area contributed by atoms with Crippen LogP contribution in [0.3, 0.4) is 0 Å². The topological polar surface area (TPSA) is 84.6 Å². The smallest absolute Gasteiger partial charge is 0.153 e. The fourth-order valence-corrected chi connectivity index (χ4v) is 0.781.